The monoisotopic (exact) mass is 282 g/mol. The van der Waals surface area contributed by atoms with Crippen molar-refractivity contribution in [1.82, 2.24) is 0 Å². The third kappa shape index (κ3) is 3.91. The summed E-state index contributed by atoms with van der Waals surface area (Å²) >= 11 is 0. The summed E-state index contributed by atoms with van der Waals surface area (Å²) in [7, 11) is 0. The van der Waals surface area contributed by atoms with E-state index in [1.807, 2.05) is 13.0 Å². The van der Waals surface area contributed by atoms with Crippen LogP contribution in [0.25, 0.3) is 0 Å². The minimum absolute atomic E-state index is 0.283. The molecule has 3 nitrogen and oxygen atoms in total. The summed E-state index contributed by atoms with van der Waals surface area (Å²) in [4.78, 5) is 12.0. The summed E-state index contributed by atoms with van der Waals surface area (Å²) in [5.74, 6) is 5.08. The number of amides is 1. The topological polar surface area (TPSA) is 55.1 Å². The minimum atomic E-state index is -0.374. The maximum atomic E-state index is 12.8. The zero-order valence-corrected chi connectivity index (χ0v) is 11.6. The van der Waals surface area contributed by atoms with Crippen molar-refractivity contribution < 1.29 is 9.18 Å². The van der Waals surface area contributed by atoms with Gasteiger partial charge in [0.25, 0.3) is 5.91 Å². The van der Waals surface area contributed by atoms with E-state index >= 15 is 0 Å². The van der Waals surface area contributed by atoms with Crippen LogP contribution in [-0.2, 0) is 0 Å². The van der Waals surface area contributed by atoms with Crippen LogP contribution in [0.4, 0.5) is 10.1 Å². The smallest absolute Gasteiger partial charge is 0.255 e. The molecule has 0 bridgehead atoms. The fraction of sp³-hybridized carbons (Fsp3) is 0.118. The van der Waals surface area contributed by atoms with E-state index in [0.717, 1.165) is 11.1 Å². The summed E-state index contributed by atoms with van der Waals surface area (Å²) in [6.45, 7) is 2.22. The molecule has 0 aliphatic carbocycles. The van der Waals surface area contributed by atoms with Crippen molar-refractivity contribution in [2.75, 3.05) is 11.9 Å². The molecule has 21 heavy (non-hydrogen) atoms. The first-order chi connectivity index (χ1) is 10.1. The van der Waals surface area contributed by atoms with Crippen molar-refractivity contribution >= 4 is 11.6 Å². The summed E-state index contributed by atoms with van der Waals surface area (Å²) in [6.07, 6.45) is 0. The first-order valence-corrected chi connectivity index (χ1v) is 6.46. The summed E-state index contributed by atoms with van der Waals surface area (Å²) in [5.41, 5.74) is 8.22. The van der Waals surface area contributed by atoms with E-state index in [1.54, 1.807) is 12.1 Å². The molecule has 0 spiro atoms. The van der Waals surface area contributed by atoms with Crippen LogP contribution in [0.1, 0.15) is 21.5 Å². The zero-order chi connectivity index (χ0) is 15.2. The van der Waals surface area contributed by atoms with Crippen molar-refractivity contribution in [3.63, 3.8) is 0 Å². The molecular weight excluding hydrogens is 267 g/mol. The predicted molar refractivity (Wildman–Crippen MR) is 81.5 cm³/mol. The highest BCUT2D eigenvalue weighted by molar-refractivity contribution is 6.04. The first kappa shape index (κ1) is 14.8. The van der Waals surface area contributed by atoms with E-state index < -0.39 is 0 Å². The van der Waals surface area contributed by atoms with Crippen molar-refractivity contribution in [3.8, 4) is 11.8 Å². The molecule has 2 rings (SSSR count). The fourth-order valence-electron chi connectivity index (χ4n) is 1.79. The maximum Gasteiger partial charge on any atom is 0.255 e. The van der Waals surface area contributed by atoms with Gasteiger partial charge < -0.3 is 11.1 Å². The maximum absolute atomic E-state index is 12.8. The lowest BCUT2D eigenvalue weighted by Crippen LogP contribution is -2.12. The van der Waals surface area contributed by atoms with Crippen LogP contribution < -0.4 is 11.1 Å². The van der Waals surface area contributed by atoms with E-state index in [9.17, 15) is 9.18 Å². The van der Waals surface area contributed by atoms with Gasteiger partial charge in [-0.1, -0.05) is 17.9 Å². The van der Waals surface area contributed by atoms with Gasteiger partial charge in [0.1, 0.15) is 5.82 Å². The van der Waals surface area contributed by atoms with Gasteiger partial charge >= 0.3 is 0 Å². The van der Waals surface area contributed by atoms with Crippen molar-refractivity contribution in [3.05, 3.63) is 65.0 Å². The number of nitrogens with two attached hydrogens (primary N) is 1. The Morgan fingerprint density at radius 1 is 1.24 bits per heavy atom. The molecule has 2 aromatic carbocycles. The Labute approximate surface area is 123 Å². The van der Waals surface area contributed by atoms with Crippen molar-refractivity contribution in [2.24, 2.45) is 5.73 Å². The Morgan fingerprint density at radius 3 is 2.62 bits per heavy atom. The third-order valence-corrected chi connectivity index (χ3v) is 2.93. The van der Waals surface area contributed by atoms with E-state index in [-0.39, 0.29) is 18.3 Å². The number of hydrogen-bond acceptors (Lipinski definition) is 2. The fourth-order valence-corrected chi connectivity index (χ4v) is 1.79. The lowest BCUT2D eigenvalue weighted by atomic mass is 10.1. The summed E-state index contributed by atoms with van der Waals surface area (Å²) in [6, 6.07) is 10.8. The Hall–Kier alpha value is -2.64. The third-order valence-electron chi connectivity index (χ3n) is 2.93. The second kappa shape index (κ2) is 6.69. The Balaban J connectivity index is 2.19. The number of rotatable bonds is 2. The summed E-state index contributed by atoms with van der Waals surface area (Å²) < 4.78 is 12.8. The molecular formula is C17H15FN2O. The highest BCUT2D eigenvalue weighted by atomic mass is 19.1. The molecule has 0 atom stereocenters. The molecule has 0 unspecified atom stereocenters. The van der Waals surface area contributed by atoms with Gasteiger partial charge in [-0.3, -0.25) is 4.79 Å². The van der Waals surface area contributed by atoms with Crippen LogP contribution in [0, 0.1) is 24.6 Å². The number of halogens is 1. The highest BCUT2D eigenvalue weighted by Gasteiger charge is 2.07. The van der Waals surface area contributed by atoms with Crippen LogP contribution in [-0.4, -0.2) is 12.5 Å². The molecule has 0 heterocycles. The van der Waals surface area contributed by atoms with Gasteiger partial charge in [-0.15, -0.1) is 0 Å². The highest BCUT2D eigenvalue weighted by Crippen LogP contribution is 2.15. The van der Waals surface area contributed by atoms with Gasteiger partial charge in [-0.05, 0) is 48.9 Å². The molecule has 0 fully saturated rings. The number of aryl methyl sites for hydroxylation is 1. The van der Waals surface area contributed by atoms with Gasteiger partial charge in [0.2, 0.25) is 0 Å². The second-order valence-electron chi connectivity index (χ2n) is 4.50. The number of carbonyl (C=O) groups is 1. The van der Waals surface area contributed by atoms with Crippen LogP contribution in [0.5, 0.6) is 0 Å². The van der Waals surface area contributed by atoms with Gasteiger partial charge in [0.05, 0.1) is 6.54 Å². The zero-order valence-electron chi connectivity index (χ0n) is 11.6. The van der Waals surface area contributed by atoms with Gasteiger partial charge in [0, 0.05) is 16.8 Å². The summed E-state index contributed by atoms with van der Waals surface area (Å²) in [5, 5.41) is 2.76. The number of carbonyl (C=O) groups excluding carboxylic acids is 1. The van der Waals surface area contributed by atoms with Gasteiger partial charge in [0.15, 0.2) is 0 Å². The molecule has 0 saturated carbocycles. The number of hydrogen-bond donors (Lipinski definition) is 2. The normalized spacial score (nSPS) is 9.67. The Morgan fingerprint density at radius 2 is 1.95 bits per heavy atom. The number of benzene rings is 2. The average molecular weight is 282 g/mol. The molecule has 0 aliphatic heterocycles. The Kier molecular flexibility index (Phi) is 4.70. The SMILES string of the molecule is Cc1ccc(NC(=O)c2ccc(F)cc2)cc1C#CCN. The van der Waals surface area contributed by atoms with Crippen molar-refractivity contribution in [1.29, 1.82) is 0 Å². The van der Waals surface area contributed by atoms with Crippen LogP contribution >= 0.6 is 0 Å². The van der Waals surface area contributed by atoms with E-state index in [1.165, 1.54) is 24.3 Å². The molecule has 3 N–H and O–H groups in total. The molecule has 2 aromatic rings. The molecule has 106 valence electrons. The van der Waals surface area contributed by atoms with Crippen LogP contribution in [0.15, 0.2) is 42.5 Å². The van der Waals surface area contributed by atoms with Crippen LogP contribution in [0.3, 0.4) is 0 Å². The standard InChI is InChI=1S/C17H15FN2O/c1-12-4-9-16(11-14(12)3-2-10-19)20-17(21)13-5-7-15(18)8-6-13/h4-9,11H,10,19H2,1H3,(H,20,21). The van der Waals surface area contributed by atoms with E-state index in [2.05, 4.69) is 17.2 Å². The average Bonchev–Trinajstić information content (AvgIpc) is 2.48. The number of nitrogens with one attached hydrogen (secondary N) is 1. The molecule has 0 radical (unpaired) electrons. The van der Waals surface area contributed by atoms with Crippen molar-refractivity contribution in [2.45, 2.75) is 6.92 Å². The quantitative estimate of drug-likeness (QED) is 0.832. The van der Waals surface area contributed by atoms with Gasteiger partial charge in [-0.2, -0.15) is 0 Å². The lowest BCUT2D eigenvalue weighted by molar-refractivity contribution is 0.102. The Bertz CT molecular complexity index is 712. The van der Waals surface area contributed by atoms with E-state index in [0.29, 0.717) is 11.3 Å². The van der Waals surface area contributed by atoms with Gasteiger partial charge in [-0.25, -0.2) is 4.39 Å². The molecule has 4 heteroatoms. The molecule has 1 amide bonds. The minimum Gasteiger partial charge on any atom is -0.322 e. The predicted octanol–water partition coefficient (Wildman–Crippen LogP) is 2.70. The molecule has 0 saturated heterocycles. The van der Waals surface area contributed by atoms with Crippen LogP contribution in [0.2, 0.25) is 0 Å². The second-order valence-corrected chi connectivity index (χ2v) is 4.50. The lowest BCUT2D eigenvalue weighted by Gasteiger charge is -2.07. The first-order valence-electron chi connectivity index (χ1n) is 6.46. The number of anilines is 1. The largest absolute Gasteiger partial charge is 0.322 e. The molecule has 0 aromatic heterocycles. The molecule has 0 aliphatic rings. The van der Waals surface area contributed by atoms with E-state index in [4.69, 9.17) is 5.73 Å².